The second-order valence-corrected chi connectivity index (χ2v) is 5.77. The normalized spacial score (nSPS) is 12.8. The largest absolute Gasteiger partial charge is 0.496 e. The predicted molar refractivity (Wildman–Crippen MR) is 91.1 cm³/mol. The lowest BCUT2D eigenvalue weighted by Crippen LogP contribution is -2.08. The van der Waals surface area contributed by atoms with E-state index in [1.807, 2.05) is 19.9 Å². The Hall–Kier alpha value is -3.09. The van der Waals surface area contributed by atoms with Crippen molar-refractivity contribution in [2.45, 2.75) is 19.8 Å². The molecule has 0 saturated heterocycles. The average molecular weight is 342 g/mol. The number of aromatic nitrogens is 2. The van der Waals surface area contributed by atoms with E-state index in [-0.39, 0.29) is 18.3 Å². The molecule has 3 rings (SSSR count). The first-order chi connectivity index (χ1) is 12.0. The molecule has 0 amide bonds. The van der Waals surface area contributed by atoms with Crippen molar-refractivity contribution in [3.8, 4) is 17.2 Å². The van der Waals surface area contributed by atoms with Crippen molar-refractivity contribution in [3.63, 3.8) is 0 Å². The van der Waals surface area contributed by atoms with Crippen LogP contribution < -0.4 is 14.2 Å². The predicted octanol–water partition coefficient (Wildman–Crippen LogP) is 3.21. The number of carboxylic acids is 1. The summed E-state index contributed by atoms with van der Waals surface area (Å²) < 4.78 is 16.1. The topological polar surface area (TPSA) is 90.8 Å². The summed E-state index contributed by atoms with van der Waals surface area (Å²) in [5.74, 6) is 1.28. The van der Waals surface area contributed by atoms with Crippen molar-refractivity contribution in [2.24, 2.45) is 0 Å². The molecule has 7 heteroatoms. The fourth-order valence-electron chi connectivity index (χ4n) is 2.50. The van der Waals surface area contributed by atoms with E-state index in [1.165, 1.54) is 6.20 Å². The maximum Gasteiger partial charge on any atom is 0.339 e. The number of carboxylic acid groups (broad SMARTS) is 1. The van der Waals surface area contributed by atoms with Crippen LogP contribution in [0.5, 0.6) is 17.2 Å². The number of hydrogen-bond acceptors (Lipinski definition) is 6. The molecule has 130 valence electrons. The van der Waals surface area contributed by atoms with Crippen LogP contribution in [-0.4, -0.2) is 34.9 Å². The van der Waals surface area contributed by atoms with Gasteiger partial charge in [0.1, 0.15) is 5.75 Å². The van der Waals surface area contributed by atoms with Gasteiger partial charge in [0.15, 0.2) is 17.3 Å². The number of ether oxygens (including phenoxy) is 3. The van der Waals surface area contributed by atoms with Crippen LogP contribution in [0.4, 0.5) is 0 Å². The number of carbonyl (C=O) groups is 1. The minimum Gasteiger partial charge on any atom is -0.496 e. The smallest absolute Gasteiger partial charge is 0.339 e. The van der Waals surface area contributed by atoms with Crippen molar-refractivity contribution < 1.29 is 24.1 Å². The van der Waals surface area contributed by atoms with Crippen LogP contribution in [0.2, 0.25) is 0 Å². The van der Waals surface area contributed by atoms with E-state index < -0.39 is 5.97 Å². The van der Waals surface area contributed by atoms with Gasteiger partial charge in [-0.05, 0) is 24.1 Å². The molecular formula is C18H18N2O5. The van der Waals surface area contributed by atoms with Gasteiger partial charge in [0.05, 0.1) is 18.4 Å². The summed E-state index contributed by atoms with van der Waals surface area (Å²) >= 11 is 0. The Bertz CT molecular complexity index is 846. The first-order valence-corrected chi connectivity index (χ1v) is 7.75. The lowest BCUT2D eigenvalue weighted by Gasteiger charge is -2.09. The van der Waals surface area contributed by atoms with Crippen molar-refractivity contribution in [1.29, 1.82) is 0 Å². The lowest BCUT2D eigenvalue weighted by atomic mass is 10.1. The van der Waals surface area contributed by atoms with Gasteiger partial charge in [0.2, 0.25) is 6.79 Å². The summed E-state index contributed by atoms with van der Waals surface area (Å²) in [5, 5.41) is 9.23. The molecule has 7 nitrogen and oxygen atoms in total. The van der Waals surface area contributed by atoms with Crippen LogP contribution >= 0.6 is 0 Å². The highest BCUT2D eigenvalue weighted by Gasteiger charge is 2.17. The molecule has 1 aliphatic rings. The maximum absolute atomic E-state index is 11.3. The van der Waals surface area contributed by atoms with E-state index in [0.717, 1.165) is 5.56 Å². The van der Waals surface area contributed by atoms with Gasteiger partial charge in [-0.25, -0.2) is 14.8 Å². The van der Waals surface area contributed by atoms with E-state index in [2.05, 4.69) is 9.97 Å². The number of hydrogen-bond donors (Lipinski definition) is 1. The fourth-order valence-corrected chi connectivity index (χ4v) is 2.50. The second-order valence-electron chi connectivity index (χ2n) is 5.77. The first-order valence-electron chi connectivity index (χ1n) is 7.75. The lowest BCUT2D eigenvalue weighted by molar-refractivity contribution is 0.0694. The Balaban J connectivity index is 1.95. The first kappa shape index (κ1) is 16.8. The Morgan fingerprint density at radius 2 is 2.00 bits per heavy atom. The van der Waals surface area contributed by atoms with Crippen LogP contribution in [0, 0.1) is 0 Å². The Kier molecular flexibility index (Phi) is 4.56. The maximum atomic E-state index is 11.3. The summed E-state index contributed by atoms with van der Waals surface area (Å²) in [6.07, 6.45) is 4.83. The minimum atomic E-state index is -1.03. The Labute approximate surface area is 144 Å². The zero-order valence-corrected chi connectivity index (χ0v) is 14.1. The van der Waals surface area contributed by atoms with Gasteiger partial charge in [-0.1, -0.05) is 13.8 Å². The number of rotatable bonds is 5. The van der Waals surface area contributed by atoms with Crippen LogP contribution in [0.1, 0.15) is 47.2 Å². The zero-order valence-electron chi connectivity index (χ0n) is 14.1. The van der Waals surface area contributed by atoms with E-state index in [0.29, 0.717) is 28.8 Å². The molecule has 1 N–H and O–H groups in total. The van der Waals surface area contributed by atoms with Crippen molar-refractivity contribution >= 4 is 18.1 Å². The van der Waals surface area contributed by atoms with Crippen molar-refractivity contribution in [1.82, 2.24) is 9.97 Å². The molecule has 0 fully saturated rings. The highest BCUT2D eigenvalue weighted by atomic mass is 16.7. The quantitative estimate of drug-likeness (QED) is 0.892. The van der Waals surface area contributed by atoms with Crippen LogP contribution in [0.15, 0.2) is 18.3 Å². The monoisotopic (exact) mass is 342 g/mol. The van der Waals surface area contributed by atoms with Crippen LogP contribution in [-0.2, 0) is 0 Å². The fraction of sp³-hybridized carbons (Fsp3) is 0.278. The molecule has 0 atom stereocenters. The molecule has 0 spiro atoms. The minimum absolute atomic E-state index is 0.0265. The highest BCUT2D eigenvalue weighted by Crippen LogP contribution is 2.38. The molecule has 0 aliphatic carbocycles. The molecular weight excluding hydrogens is 324 g/mol. The van der Waals surface area contributed by atoms with Gasteiger partial charge in [-0.2, -0.15) is 0 Å². The molecule has 1 aliphatic heterocycles. The third-order valence-electron chi connectivity index (χ3n) is 3.75. The Morgan fingerprint density at radius 1 is 1.28 bits per heavy atom. The summed E-state index contributed by atoms with van der Waals surface area (Å²) in [7, 11) is 1.57. The number of benzene rings is 1. The average Bonchev–Trinajstić information content (AvgIpc) is 3.05. The zero-order chi connectivity index (χ0) is 18.0. The molecule has 0 radical (unpaired) electrons. The summed E-state index contributed by atoms with van der Waals surface area (Å²) in [4.78, 5) is 19.7. The van der Waals surface area contributed by atoms with E-state index in [1.54, 1.807) is 25.3 Å². The van der Waals surface area contributed by atoms with Crippen LogP contribution in [0.25, 0.3) is 12.2 Å². The van der Waals surface area contributed by atoms with Crippen molar-refractivity contribution in [3.05, 3.63) is 41.0 Å². The molecule has 25 heavy (non-hydrogen) atoms. The van der Waals surface area contributed by atoms with Gasteiger partial charge >= 0.3 is 5.97 Å². The van der Waals surface area contributed by atoms with Gasteiger partial charge in [-0.15, -0.1) is 0 Å². The van der Waals surface area contributed by atoms with Gasteiger partial charge in [0.25, 0.3) is 0 Å². The molecule has 2 heterocycles. The number of fused-ring (bicyclic) bond motifs is 1. The third-order valence-corrected chi connectivity index (χ3v) is 3.75. The number of aromatic carboxylic acids is 1. The van der Waals surface area contributed by atoms with Gasteiger partial charge < -0.3 is 19.3 Å². The second kappa shape index (κ2) is 6.80. The van der Waals surface area contributed by atoms with Crippen molar-refractivity contribution in [2.75, 3.05) is 13.9 Å². The van der Waals surface area contributed by atoms with E-state index in [4.69, 9.17) is 14.2 Å². The molecule has 0 bridgehead atoms. The van der Waals surface area contributed by atoms with E-state index >= 15 is 0 Å². The third kappa shape index (κ3) is 3.40. The summed E-state index contributed by atoms with van der Waals surface area (Å²) in [6.45, 7) is 3.97. The standard InChI is InChI=1S/C18H18N2O5/c1-10(2)17-12(18(21)22)8-19-16(20-17)5-4-11-6-14-15(25-9-24-14)7-13(11)23-3/h4-8,10H,9H2,1-3H3,(H,21,22). The van der Waals surface area contributed by atoms with Crippen LogP contribution in [0.3, 0.4) is 0 Å². The molecule has 0 saturated carbocycles. The SMILES string of the molecule is COc1cc2c(cc1C=Cc1ncc(C(=O)O)c(C(C)C)n1)OCO2. The number of methoxy groups -OCH3 is 1. The molecule has 1 aromatic carbocycles. The van der Waals surface area contributed by atoms with Gasteiger partial charge in [-0.3, -0.25) is 0 Å². The molecule has 2 aromatic rings. The summed E-state index contributed by atoms with van der Waals surface area (Å²) in [5.41, 5.74) is 1.40. The van der Waals surface area contributed by atoms with E-state index in [9.17, 15) is 9.90 Å². The number of nitrogens with zero attached hydrogens (tertiary/aromatic N) is 2. The molecule has 0 unspecified atom stereocenters. The molecule has 1 aromatic heterocycles. The Morgan fingerprint density at radius 3 is 2.64 bits per heavy atom. The van der Waals surface area contributed by atoms with Gasteiger partial charge in [0, 0.05) is 17.8 Å². The highest BCUT2D eigenvalue weighted by molar-refractivity contribution is 5.88. The summed E-state index contributed by atoms with van der Waals surface area (Å²) in [6, 6.07) is 3.57.